The Balaban J connectivity index is 2.80. The quantitative estimate of drug-likeness (QED) is 0.703. The van der Waals surface area contributed by atoms with Crippen molar-refractivity contribution >= 4 is 28.3 Å². The summed E-state index contributed by atoms with van der Waals surface area (Å²) >= 11 is 4.82. The van der Waals surface area contributed by atoms with E-state index >= 15 is 0 Å². The number of hydrogen-bond acceptors (Lipinski definition) is 3. The summed E-state index contributed by atoms with van der Waals surface area (Å²) in [5, 5.41) is 0. The van der Waals surface area contributed by atoms with E-state index in [0.717, 1.165) is 5.52 Å². The van der Waals surface area contributed by atoms with Gasteiger partial charge in [0.25, 0.3) is 0 Å². The predicted octanol–water partition coefficient (Wildman–Crippen LogP) is 0.766. The van der Waals surface area contributed by atoms with Crippen LogP contribution in [0.4, 0.5) is 0 Å². The standard InChI is InChI=1S/C9H8N2O2S/c1-11-6-3-2-5(8(10)14)4-7(6)13-9(11)12/h2-4H,1H3,(H2,10,14). The molecule has 0 saturated heterocycles. The van der Waals surface area contributed by atoms with Crippen LogP contribution >= 0.6 is 12.2 Å². The number of aromatic nitrogens is 1. The number of nitrogens with two attached hydrogens (primary N) is 1. The summed E-state index contributed by atoms with van der Waals surface area (Å²) < 4.78 is 6.41. The first-order valence-corrected chi connectivity index (χ1v) is 4.40. The highest BCUT2D eigenvalue weighted by molar-refractivity contribution is 7.80. The zero-order valence-corrected chi connectivity index (χ0v) is 8.30. The minimum atomic E-state index is -0.389. The monoisotopic (exact) mass is 208 g/mol. The van der Waals surface area contributed by atoms with Gasteiger partial charge >= 0.3 is 5.76 Å². The van der Waals surface area contributed by atoms with E-state index in [0.29, 0.717) is 16.1 Å². The van der Waals surface area contributed by atoms with Gasteiger partial charge in [-0.2, -0.15) is 0 Å². The van der Waals surface area contributed by atoms with Crippen molar-refractivity contribution in [2.45, 2.75) is 0 Å². The van der Waals surface area contributed by atoms with E-state index in [-0.39, 0.29) is 5.76 Å². The first kappa shape index (κ1) is 8.96. The van der Waals surface area contributed by atoms with E-state index in [1.807, 2.05) is 0 Å². The molecule has 1 aromatic carbocycles. The van der Waals surface area contributed by atoms with Crippen LogP contribution in [0.2, 0.25) is 0 Å². The highest BCUT2D eigenvalue weighted by atomic mass is 32.1. The lowest BCUT2D eigenvalue weighted by atomic mass is 10.2. The first-order chi connectivity index (χ1) is 6.59. The summed E-state index contributed by atoms with van der Waals surface area (Å²) in [6.07, 6.45) is 0. The fourth-order valence-electron chi connectivity index (χ4n) is 1.29. The molecule has 0 spiro atoms. The Hall–Kier alpha value is -1.62. The van der Waals surface area contributed by atoms with E-state index in [4.69, 9.17) is 22.4 Å². The molecule has 0 amide bonds. The number of benzene rings is 1. The number of nitrogens with zero attached hydrogens (tertiary/aromatic N) is 1. The highest BCUT2D eigenvalue weighted by Gasteiger charge is 2.06. The molecule has 0 unspecified atom stereocenters. The molecule has 0 bridgehead atoms. The van der Waals surface area contributed by atoms with Gasteiger partial charge in [-0.15, -0.1) is 0 Å². The molecule has 0 fully saturated rings. The first-order valence-electron chi connectivity index (χ1n) is 3.99. The van der Waals surface area contributed by atoms with Crippen molar-refractivity contribution < 1.29 is 4.42 Å². The molecule has 14 heavy (non-hydrogen) atoms. The Bertz CT molecular complexity index is 568. The van der Waals surface area contributed by atoms with Crippen molar-refractivity contribution in [3.05, 3.63) is 34.3 Å². The molecule has 5 heteroatoms. The van der Waals surface area contributed by atoms with Gasteiger partial charge in [-0.25, -0.2) is 4.79 Å². The van der Waals surface area contributed by atoms with E-state index in [1.165, 1.54) is 4.57 Å². The molecular weight excluding hydrogens is 200 g/mol. The summed E-state index contributed by atoms with van der Waals surface area (Å²) in [6, 6.07) is 5.19. The number of fused-ring (bicyclic) bond motifs is 1. The Morgan fingerprint density at radius 2 is 2.29 bits per heavy atom. The molecule has 1 aromatic heterocycles. The second-order valence-corrected chi connectivity index (χ2v) is 3.41. The highest BCUT2D eigenvalue weighted by Crippen LogP contribution is 2.13. The van der Waals surface area contributed by atoms with Gasteiger partial charge in [-0.3, -0.25) is 4.57 Å². The van der Waals surface area contributed by atoms with Gasteiger partial charge in [0.1, 0.15) is 4.99 Å². The minimum Gasteiger partial charge on any atom is -0.408 e. The molecule has 0 aliphatic carbocycles. The van der Waals surface area contributed by atoms with Gasteiger partial charge < -0.3 is 10.2 Å². The van der Waals surface area contributed by atoms with Crippen LogP contribution in [0.5, 0.6) is 0 Å². The maximum Gasteiger partial charge on any atom is 0.419 e. The summed E-state index contributed by atoms with van der Waals surface area (Å²) in [5.41, 5.74) is 7.38. The summed E-state index contributed by atoms with van der Waals surface area (Å²) in [5.74, 6) is -0.389. The van der Waals surface area contributed by atoms with Crippen molar-refractivity contribution in [3.63, 3.8) is 0 Å². The fraction of sp³-hybridized carbons (Fsp3) is 0.111. The Morgan fingerprint density at radius 3 is 2.93 bits per heavy atom. The van der Waals surface area contributed by atoms with Crippen LogP contribution in [-0.2, 0) is 7.05 Å². The molecule has 2 N–H and O–H groups in total. The third-order valence-electron chi connectivity index (χ3n) is 2.08. The summed E-state index contributed by atoms with van der Waals surface area (Å²) in [4.78, 5) is 11.4. The molecule has 1 heterocycles. The lowest BCUT2D eigenvalue weighted by molar-refractivity contribution is 0.528. The molecule has 0 aliphatic rings. The third kappa shape index (κ3) is 1.22. The average Bonchev–Trinajstić information content (AvgIpc) is 2.42. The van der Waals surface area contributed by atoms with Crippen LogP contribution in [0.15, 0.2) is 27.4 Å². The molecule has 72 valence electrons. The number of thiocarbonyl (C=S) groups is 1. The van der Waals surface area contributed by atoms with Crippen molar-refractivity contribution in [1.29, 1.82) is 0 Å². The van der Waals surface area contributed by atoms with E-state index in [9.17, 15) is 4.79 Å². The lowest BCUT2D eigenvalue weighted by Crippen LogP contribution is -2.09. The molecular formula is C9H8N2O2S. The Labute approximate surface area is 84.9 Å². The van der Waals surface area contributed by atoms with E-state index in [1.54, 1.807) is 25.2 Å². The molecule has 2 aromatic rings. The van der Waals surface area contributed by atoms with Gasteiger partial charge in [0.2, 0.25) is 0 Å². The number of rotatable bonds is 1. The van der Waals surface area contributed by atoms with Crippen LogP contribution in [0.3, 0.4) is 0 Å². The minimum absolute atomic E-state index is 0.290. The van der Waals surface area contributed by atoms with Gasteiger partial charge in [0.05, 0.1) is 5.52 Å². The number of aryl methyl sites for hydroxylation is 1. The van der Waals surface area contributed by atoms with Crippen molar-refractivity contribution in [1.82, 2.24) is 4.57 Å². The zero-order chi connectivity index (χ0) is 10.3. The topological polar surface area (TPSA) is 61.2 Å². The molecule has 0 radical (unpaired) electrons. The van der Waals surface area contributed by atoms with Crippen LogP contribution in [-0.4, -0.2) is 9.56 Å². The van der Waals surface area contributed by atoms with Crippen LogP contribution < -0.4 is 11.5 Å². The van der Waals surface area contributed by atoms with Crippen LogP contribution in [0, 0.1) is 0 Å². The SMILES string of the molecule is Cn1c(=O)oc2cc(C(N)=S)ccc21. The summed E-state index contributed by atoms with van der Waals surface area (Å²) in [6.45, 7) is 0. The second-order valence-electron chi connectivity index (χ2n) is 2.97. The van der Waals surface area contributed by atoms with Gasteiger partial charge in [0.15, 0.2) is 5.58 Å². The second kappa shape index (κ2) is 2.95. The fourth-order valence-corrected chi connectivity index (χ4v) is 1.41. The van der Waals surface area contributed by atoms with Crippen LogP contribution in [0.25, 0.3) is 11.1 Å². The van der Waals surface area contributed by atoms with Crippen LogP contribution in [0.1, 0.15) is 5.56 Å². The molecule has 2 rings (SSSR count). The molecule has 0 saturated carbocycles. The van der Waals surface area contributed by atoms with Crippen molar-refractivity contribution in [3.8, 4) is 0 Å². The molecule has 4 nitrogen and oxygen atoms in total. The Morgan fingerprint density at radius 1 is 1.57 bits per heavy atom. The Kier molecular flexibility index (Phi) is 1.89. The zero-order valence-electron chi connectivity index (χ0n) is 7.48. The van der Waals surface area contributed by atoms with Gasteiger partial charge in [-0.1, -0.05) is 12.2 Å². The van der Waals surface area contributed by atoms with Crippen molar-refractivity contribution in [2.24, 2.45) is 12.8 Å². The predicted molar refractivity (Wildman–Crippen MR) is 57.3 cm³/mol. The number of hydrogen-bond donors (Lipinski definition) is 1. The van der Waals surface area contributed by atoms with Gasteiger partial charge in [0, 0.05) is 12.6 Å². The largest absolute Gasteiger partial charge is 0.419 e. The number of oxazole rings is 1. The maximum absolute atomic E-state index is 11.2. The van der Waals surface area contributed by atoms with E-state index < -0.39 is 0 Å². The normalized spacial score (nSPS) is 10.6. The third-order valence-corrected chi connectivity index (χ3v) is 2.31. The molecule has 0 atom stereocenters. The smallest absolute Gasteiger partial charge is 0.408 e. The van der Waals surface area contributed by atoms with Gasteiger partial charge in [-0.05, 0) is 18.2 Å². The van der Waals surface area contributed by atoms with Crippen molar-refractivity contribution in [2.75, 3.05) is 0 Å². The summed E-state index contributed by atoms with van der Waals surface area (Å²) in [7, 11) is 1.65. The molecule has 0 aliphatic heterocycles. The maximum atomic E-state index is 11.2. The average molecular weight is 208 g/mol. The van der Waals surface area contributed by atoms with E-state index in [2.05, 4.69) is 0 Å². The lowest BCUT2D eigenvalue weighted by Gasteiger charge is -1.96.